The predicted molar refractivity (Wildman–Crippen MR) is 119 cm³/mol. The summed E-state index contributed by atoms with van der Waals surface area (Å²) in [6.45, 7) is 5.80. The van der Waals surface area contributed by atoms with Crippen molar-refractivity contribution in [3.63, 3.8) is 0 Å². The van der Waals surface area contributed by atoms with E-state index < -0.39 is 6.10 Å². The molecule has 2 aromatic rings. The number of aliphatic hydroxyl groups is 1. The van der Waals surface area contributed by atoms with Crippen molar-refractivity contribution in [1.82, 2.24) is 10.3 Å². The van der Waals surface area contributed by atoms with Crippen LogP contribution in [0.15, 0.2) is 30.3 Å². The Labute approximate surface area is 172 Å². The standard InChI is InChI=1S/C21H32N6O2/c1-14(2)26-21-18(11-23)20(25-8-7-22)10-19(27-21)15-5-4-6-17(9-15)29-13-16(28)12-24-3/h4-6,9-11,14,16,23-24,28H,7-8,12-13,22H2,1-3H3,(H2,25,26,27). The predicted octanol–water partition coefficient (Wildman–Crippen LogP) is 1.90. The Morgan fingerprint density at radius 3 is 2.76 bits per heavy atom. The minimum Gasteiger partial charge on any atom is -0.491 e. The maximum absolute atomic E-state index is 9.85. The van der Waals surface area contributed by atoms with E-state index in [2.05, 4.69) is 16.0 Å². The Hall–Kier alpha value is -2.68. The SMILES string of the molecule is CNCC(O)COc1cccc(-c2cc(NCCN)c(C=N)c(NC(C)C)n2)c1. The van der Waals surface area contributed by atoms with E-state index >= 15 is 0 Å². The topological polar surface area (TPSA) is 128 Å². The van der Waals surface area contributed by atoms with Gasteiger partial charge in [-0.1, -0.05) is 12.1 Å². The molecule has 0 saturated carbocycles. The Balaban J connectivity index is 2.37. The summed E-state index contributed by atoms with van der Waals surface area (Å²) in [5.41, 5.74) is 8.76. The van der Waals surface area contributed by atoms with Gasteiger partial charge in [-0.3, -0.25) is 0 Å². The second-order valence-corrected chi connectivity index (χ2v) is 7.03. The van der Waals surface area contributed by atoms with Crippen LogP contribution in [-0.4, -0.2) is 61.7 Å². The molecule has 0 spiro atoms. The summed E-state index contributed by atoms with van der Waals surface area (Å²) in [6, 6.07) is 9.67. The van der Waals surface area contributed by atoms with Gasteiger partial charge in [0.1, 0.15) is 24.3 Å². The third-order valence-corrected chi connectivity index (χ3v) is 4.10. The fourth-order valence-electron chi connectivity index (χ4n) is 2.82. The zero-order chi connectivity index (χ0) is 21.2. The van der Waals surface area contributed by atoms with E-state index in [9.17, 15) is 5.11 Å². The molecule has 7 N–H and O–H groups in total. The van der Waals surface area contributed by atoms with Crippen molar-refractivity contribution >= 4 is 17.7 Å². The molecular formula is C21H32N6O2. The zero-order valence-electron chi connectivity index (χ0n) is 17.3. The lowest BCUT2D eigenvalue weighted by Crippen LogP contribution is -2.29. The molecule has 158 valence electrons. The quantitative estimate of drug-likeness (QED) is 0.300. The van der Waals surface area contributed by atoms with E-state index in [1.165, 1.54) is 6.21 Å². The van der Waals surface area contributed by atoms with Gasteiger partial charge in [-0.25, -0.2) is 4.98 Å². The number of nitrogens with two attached hydrogens (primary N) is 1. The highest BCUT2D eigenvalue weighted by Crippen LogP contribution is 2.30. The van der Waals surface area contributed by atoms with E-state index in [1.54, 1.807) is 7.05 Å². The van der Waals surface area contributed by atoms with E-state index in [4.69, 9.17) is 20.9 Å². The highest BCUT2D eigenvalue weighted by molar-refractivity contribution is 5.93. The summed E-state index contributed by atoms with van der Waals surface area (Å²) in [4.78, 5) is 4.74. The molecule has 1 aromatic carbocycles. The van der Waals surface area contributed by atoms with Gasteiger partial charge in [-0.2, -0.15) is 0 Å². The third kappa shape index (κ3) is 6.70. The molecule has 0 saturated heterocycles. The van der Waals surface area contributed by atoms with Gasteiger partial charge in [-0.15, -0.1) is 0 Å². The Kier molecular flexibility index (Phi) is 8.85. The van der Waals surface area contributed by atoms with Gasteiger partial charge in [0.15, 0.2) is 0 Å². The second-order valence-electron chi connectivity index (χ2n) is 7.03. The first-order valence-corrected chi connectivity index (χ1v) is 9.80. The maximum Gasteiger partial charge on any atom is 0.137 e. The van der Waals surface area contributed by atoms with Gasteiger partial charge in [-0.05, 0) is 39.1 Å². The van der Waals surface area contributed by atoms with Gasteiger partial charge in [0.25, 0.3) is 0 Å². The van der Waals surface area contributed by atoms with Gasteiger partial charge in [0.05, 0.1) is 11.3 Å². The smallest absolute Gasteiger partial charge is 0.137 e. The molecule has 1 heterocycles. The lowest BCUT2D eigenvalue weighted by atomic mass is 10.1. The Morgan fingerprint density at radius 2 is 2.10 bits per heavy atom. The molecule has 29 heavy (non-hydrogen) atoms. The number of benzene rings is 1. The summed E-state index contributed by atoms with van der Waals surface area (Å²) in [6.07, 6.45) is 0.714. The number of hydrogen-bond acceptors (Lipinski definition) is 8. The molecule has 0 bridgehead atoms. The molecule has 0 amide bonds. The highest BCUT2D eigenvalue weighted by Gasteiger charge is 2.14. The average Bonchev–Trinajstić information content (AvgIpc) is 2.70. The molecule has 2 rings (SSSR count). The van der Waals surface area contributed by atoms with Crippen LogP contribution in [0.2, 0.25) is 0 Å². The van der Waals surface area contributed by atoms with Gasteiger partial charge in [0, 0.05) is 43.1 Å². The number of rotatable bonds is 12. The zero-order valence-corrected chi connectivity index (χ0v) is 17.3. The van der Waals surface area contributed by atoms with Crippen molar-refractivity contribution in [2.45, 2.75) is 26.0 Å². The summed E-state index contributed by atoms with van der Waals surface area (Å²) < 4.78 is 5.72. The lowest BCUT2D eigenvalue weighted by Gasteiger charge is -2.18. The number of nitrogens with one attached hydrogen (secondary N) is 4. The van der Waals surface area contributed by atoms with Gasteiger partial charge in [0.2, 0.25) is 0 Å². The monoisotopic (exact) mass is 400 g/mol. The maximum atomic E-state index is 9.85. The van der Waals surface area contributed by atoms with Crippen molar-refractivity contribution in [3.05, 3.63) is 35.9 Å². The van der Waals surface area contributed by atoms with Gasteiger partial charge < -0.3 is 36.9 Å². The summed E-state index contributed by atoms with van der Waals surface area (Å²) in [5, 5.41) is 27.2. The minimum atomic E-state index is -0.581. The first-order chi connectivity index (χ1) is 14.0. The minimum absolute atomic E-state index is 0.169. The number of pyridine rings is 1. The van der Waals surface area contributed by atoms with Crippen molar-refractivity contribution in [1.29, 1.82) is 5.41 Å². The number of anilines is 2. The van der Waals surface area contributed by atoms with Crippen LogP contribution >= 0.6 is 0 Å². The number of likely N-dealkylation sites (N-methyl/N-ethyl adjacent to an activating group) is 1. The first kappa shape index (κ1) is 22.6. The van der Waals surface area contributed by atoms with Crippen LogP contribution in [0.4, 0.5) is 11.5 Å². The van der Waals surface area contributed by atoms with Crippen molar-refractivity contribution in [3.8, 4) is 17.0 Å². The van der Waals surface area contributed by atoms with Crippen LogP contribution in [0.3, 0.4) is 0 Å². The number of hydrogen-bond donors (Lipinski definition) is 6. The van der Waals surface area contributed by atoms with E-state index in [0.29, 0.717) is 36.8 Å². The molecule has 8 heteroatoms. The summed E-state index contributed by atoms with van der Waals surface area (Å²) in [7, 11) is 1.78. The molecule has 1 unspecified atom stereocenters. The highest BCUT2D eigenvalue weighted by atomic mass is 16.5. The molecule has 1 atom stereocenters. The van der Waals surface area contributed by atoms with Crippen LogP contribution < -0.4 is 26.4 Å². The van der Waals surface area contributed by atoms with Crippen LogP contribution in [0.5, 0.6) is 5.75 Å². The van der Waals surface area contributed by atoms with Crippen LogP contribution in [0, 0.1) is 5.41 Å². The first-order valence-electron chi connectivity index (χ1n) is 9.80. The second kappa shape index (κ2) is 11.4. The summed E-state index contributed by atoms with van der Waals surface area (Å²) >= 11 is 0. The molecular weight excluding hydrogens is 368 g/mol. The van der Waals surface area contributed by atoms with Crippen LogP contribution in [0.1, 0.15) is 19.4 Å². The fraction of sp³-hybridized carbons (Fsp3) is 0.429. The van der Waals surface area contributed by atoms with Gasteiger partial charge >= 0.3 is 0 Å². The van der Waals surface area contributed by atoms with Crippen molar-refractivity contribution in [2.24, 2.45) is 5.73 Å². The molecule has 8 nitrogen and oxygen atoms in total. The number of ether oxygens (including phenoxy) is 1. The molecule has 0 aliphatic rings. The molecule has 0 aliphatic heterocycles. The molecule has 0 aliphatic carbocycles. The molecule has 0 radical (unpaired) electrons. The van der Waals surface area contributed by atoms with Crippen LogP contribution in [-0.2, 0) is 0 Å². The number of nitrogens with zero attached hydrogens (tertiary/aromatic N) is 1. The lowest BCUT2D eigenvalue weighted by molar-refractivity contribution is 0.108. The number of aliphatic hydroxyl groups excluding tert-OH is 1. The van der Waals surface area contributed by atoms with E-state index in [-0.39, 0.29) is 12.6 Å². The van der Waals surface area contributed by atoms with Crippen molar-refractivity contribution < 1.29 is 9.84 Å². The largest absolute Gasteiger partial charge is 0.491 e. The van der Waals surface area contributed by atoms with E-state index in [1.807, 2.05) is 44.2 Å². The molecule has 1 aromatic heterocycles. The normalized spacial score (nSPS) is 11.9. The van der Waals surface area contributed by atoms with Crippen molar-refractivity contribution in [2.75, 3.05) is 43.9 Å². The Morgan fingerprint density at radius 1 is 1.31 bits per heavy atom. The Bertz CT molecular complexity index is 797. The van der Waals surface area contributed by atoms with Crippen LogP contribution in [0.25, 0.3) is 11.3 Å². The summed E-state index contributed by atoms with van der Waals surface area (Å²) in [5.74, 6) is 1.30. The third-order valence-electron chi connectivity index (χ3n) is 4.10. The fourth-order valence-corrected chi connectivity index (χ4v) is 2.82. The number of aromatic nitrogens is 1. The molecule has 0 fully saturated rings. The van der Waals surface area contributed by atoms with E-state index in [0.717, 1.165) is 16.9 Å². The average molecular weight is 401 g/mol.